The van der Waals surface area contributed by atoms with Gasteiger partial charge in [-0.25, -0.2) is 4.98 Å². The lowest BCUT2D eigenvalue weighted by Crippen LogP contribution is -2.00. The van der Waals surface area contributed by atoms with Gasteiger partial charge in [-0.1, -0.05) is 11.6 Å². The predicted octanol–water partition coefficient (Wildman–Crippen LogP) is 4.30. The lowest BCUT2D eigenvalue weighted by molar-refractivity contribution is 0.773. The Morgan fingerprint density at radius 2 is 2.14 bits per heavy atom. The van der Waals surface area contributed by atoms with Gasteiger partial charge < -0.3 is 5.32 Å². The molecule has 3 aromatic rings. The van der Waals surface area contributed by atoms with Gasteiger partial charge in [0.2, 0.25) is 0 Å². The zero-order valence-corrected chi connectivity index (χ0v) is 14.0. The fourth-order valence-electron chi connectivity index (χ4n) is 2.26. The minimum Gasteiger partial charge on any atom is -0.381 e. The van der Waals surface area contributed by atoms with Gasteiger partial charge in [-0.3, -0.25) is 4.68 Å². The maximum atomic E-state index is 6.09. The molecule has 1 N–H and O–H groups in total. The largest absolute Gasteiger partial charge is 0.381 e. The van der Waals surface area contributed by atoms with Gasteiger partial charge in [0.25, 0.3) is 0 Å². The van der Waals surface area contributed by atoms with E-state index in [1.54, 1.807) is 4.68 Å². The van der Waals surface area contributed by atoms with Crippen molar-refractivity contribution in [2.24, 2.45) is 7.05 Å². The minimum absolute atomic E-state index is 0.690. The second-order valence-electron chi connectivity index (χ2n) is 4.91. The molecule has 0 atom stereocenters. The van der Waals surface area contributed by atoms with Crippen LogP contribution in [0.4, 0.5) is 5.69 Å². The number of hydrogen-bond donors (Lipinski definition) is 1. The summed E-state index contributed by atoms with van der Waals surface area (Å²) in [6.45, 7) is 2.69. The van der Waals surface area contributed by atoms with Gasteiger partial charge in [-0.15, -0.1) is 0 Å². The van der Waals surface area contributed by atoms with Crippen LogP contribution in [0.1, 0.15) is 11.3 Å². The predicted molar refractivity (Wildman–Crippen MR) is 89.7 cm³/mol. The van der Waals surface area contributed by atoms with Crippen molar-refractivity contribution < 1.29 is 0 Å². The lowest BCUT2D eigenvalue weighted by Gasteiger charge is -2.07. The van der Waals surface area contributed by atoms with E-state index in [-0.39, 0.29) is 0 Å². The van der Waals surface area contributed by atoms with Crippen LogP contribution in [-0.2, 0) is 13.6 Å². The highest BCUT2D eigenvalue weighted by atomic mass is 79.9. The first-order chi connectivity index (χ1) is 10.0. The number of fused-ring (bicyclic) bond motifs is 1. The molecule has 0 bridgehead atoms. The molecule has 0 amide bonds. The summed E-state index contributed by atoms with van der Waals surface area (Å²) in [4.78, 5) is 4.47. The number of pyridine rings is 1. The molecule has 0 spiro atoms. The van der Waals surface area contributed by atoms with E-state index >= 15 is 0 Å². The van der Waals surface area contributed by atoms with Crippen molar-refractivity contribution in [1.29, 1.82) is 0 Å². The molecule has 2 aromatic heterocycles. The van der Waals surface area contributed by atoms with Crippen molar-refractivity contribution in [3.05, 3.63) is 51.2 Å². The van der Waals surface area contributed by atoms with Crippen molar-refractivity contribution >= 4 is 44.3 Å². The summed E-state index contributed by atoms with van der Waals surface area (Å²) in [6, 6.07) is 7.93. The van der Waals surface area contributed by atoms with Crippen LogP contribution in [0, 0.1) is 6.92 Å². The van der Waals surface area contributed by atoms with E-state index in [2.05, 4.69) is 37.4 Å². The third-order valence-electron chi connectivity index (χ3n) is 3.34. The van der Waals surface area contributed by atoms with Crippen molar-refractivity contribution in [3.63, 3.8) is 0 Å². The zero-order chi connectivity index (χ0) is 15.0. The monoisotopic (exact) mass is 364 g/mol. The molecule has 21 heavy (non-hydrogen) atoms. The first-order valence-electron chi connectivity index (χ1n) is 6.52. The Kier molecular flexibility index (Phi) is 3.87. The molecule has 4 nitrogen and oxygen atoms in total. The van der Waals surface area contributed by atoms with Gasteiger partial charge in [0, 0.05) is 35.3 Å². The van der Waals surface area contributed by atoms with Crippen LogP contribution in [0.15, 0.2) is 34.9 Å². The quantitative estimate of drug-likeness (QED) is 0.752. The van der Waals surface area contributed by atoms with E-state index in [0.717, 1.165) is 32.5 Å². The smallest absolute Gasteiger partial charge is 0.157 e. The second kappa shape index (κ2) is 5.66. The number of halogens is 2. The molecular weight excluding hydrogens is 352 g/mol. The Labute approximate surface area is 136 Å². The number of aromatic nitrogens is 3. The Hall–Kier alpha value is -1.59. The van der Waals surface area contributed by atoms with Crippen molar-refractivity contribution in [2.75, 3.05) is 5.32 Å². The average molecular weight is 366 g/mol. The van der Waals surface area contributed by atoms with Crippen molar-refractivity contribution in [3.8, 4) is 0 Å². The maximum absolute atomic E-state index is 6.09. The van der Waals surface area contributed by atoms with E-state index in [1.165, 1.54) is 0 Å². The van der Waals surface area contributed by atoms with E-state index in [0.29, 0.717) is 11.6 Å². The highest BCUT2D eigenvalue weighted by Crippen LogP contribution is 2.26. The molecule has 0 saturated carbocycles. The number of nitrogens with zero attached hydrogens (tertiary/aromatic N) is 3. The summed E-state index contributed by atoms with van der Waals surface area (Å²) in [5, 5.41) is 9.51. The van der Waals surface area contributed by atoms with E-state index in [4.69, 9.17) is 11.6 Å². The summed E-state index contributed by atoms with van der Waals surface area (Å²) >= 11 is 9.47. The number of rotatable bonds is 3. The maximum Gasteiger partial charge on any atom is 0.157 e. The zero-order valence-electron chi connectivity index (χ0n) is 11.7. The van der Waals surface area contributed by atoms with Crippen LogP contribution >= 0.6 is 27.5 Å². The number of benzene rings is 1. The Morgan fingerprint density at radius 1 is 1.33 bits per heavy atom. The van der Waals surface area contributed by atoms with E-state index < -0.39 is 0 Å². The molecule has 0 aliphatic carbocycles. The number of anilines is 1. The van der Waals surface area contributed by atoms with Crippen LogP contribution in [0.25, 0.3) is 11.0 Å². The summed E-state index contributed by atoms with van der Waals surface area (Å²) in [5.41, 5.74) is 3.99. The first-order valence-corrected chi connectivity index (χ1v) is 7.69. The van der Waals surface area contributed by atoms with Gasteiger partial charge in [0.15, 0.2) is 5.65 Å². The molecule has 108 valence electrons. The van der Waals surface area contributed by atoms with Gasteiger partial charge in [0.1, 0.15) is 0 Å². The van der Waals surface area contributed by atoms with Gasteiger partial charge in [0.05, 0.1) is 10.7 Å². The van der Waals surface area contributed by atoms with Crippen molar-refractivity contribution in [1.82, 2.24) is 14.8 Å². The Morgan fingerprint density at radius 3 is 2.90 bits per heavy atom. The number of aryl methyl sites for hydroxylation is 2. The van der Waals surface area contributed by atoms with Gasteiger partial charge >= 0.3 is 0 Å². The summed E-state index contributed by atoms with van der Waals surface area (Å²) in [6.07, 6.45) is 1.87. The SMILES string of the molecule is Cc1nn(C)c2ncc(CNc3ccc(Br)c(Cl)c3)cc12. The van der Waals surface area contributed by atoms with Gasteiger partial charge in [-0.2, -0.15) is 5.10 Å². The molecule has 0 saturated heterocycles. The fourth-order valence-corrected chi connectivity index (χ4v) is 2.69. The molecule has 3 rings (SSSR count). The summed E-state index contributed by atoms with van der Waals surface area (Å²) in [7, 11) is 1.91. The molecule has 6 heteroatoms. The van der Waals surface area contributed by atoms with Crippen LogP contribution in [-0.4, -0.2) is 14.8 Å². The number of hydrogen-bond acceptors (Lipinski definition) is 3. The minimum atomic E-state index is 0.690. The average Bonchev–Trinajstić information content (AvgIpc) is 2.75. The van der Waals surface area contributed by atoms with Crippen LogP contribution in [0.3, 0.4) is 0 Å². The fraction of sp³-hybridized carbons (Fsp3) is 0.200. The molecular formula is C15H14BrClN4. The molecule has 0 radical (unpaired) electrons. The molecule has 0 unspecified atom stereocenters. The van der Waals surface area contributed by atoms with Crippen LogP contribution < -0.4 is 5.32 Å². The van der Waals surface area contributed by atoms with E-state index in [1.807, 2.05) is 38.4 Å². The van der Waals surface area contributed by atoms with Crippen LogP contribution in [0.2, 0.25) is 5.02 Å². The van der Waals surface area contributed by atoms with Crippen LogP contribution in [0.5, 0.6) is 0 Å². The van der Waals surface area contributed by atoms with Gasteiger partial charge in [-0.05, 0) is 52.7 Å². The highest BCUT2D eigenvalue weighted by Gasteiger charge is 2.07. The summed E-state index contributed by atoms with van der Waals surface area (Å²) < 4.78 is 2.69. The second-order valence-corrected chi connectivity index (χ2v) is 6.17. The topological polar surface area (TPSA) is 42.7 Å². The third-order valence-corrected chi connectivity index (χ3v) is 4.57. The van der Waals surface area contributed by atoms with Crippen molar-refractivity contribution in [2.45, 2.75) is 13.5 Å². The standard InChI is InChI=1S/C15H14BrClN4/c1-9-12-5-10(8-19-15(12)21(2)20-9)7-18-11-3-4-13(16)14(17)6-11/h3-6,8,18H,7H2,1-2H3. The molecule has 1 aromatic carbocycles. The molecule has 0 aliphatic rings. The third kappa shape index (κ3) is 2.89. The first kappa shape index (κ1) is 14.4. The molecule has 2 heterocycles. The molecule has 0 fully saturated rings. The molecule has 0 aliphatic heterocycles. The lowest BCUT2D eigenvalue weighted by atomic mass is 10.2. The van der Waals surface area contributed by atoms with E-state index in [9.17, 15) is 0 Å². The Balaban J connectivity index is 1.81. The Bertz CT molecular complexity index is 813. The highest BCUT2D eigenvalue weighted by molar-refractivity contribution is 9.10. The number of nitrogens with one attached hydrogen (secondary N) is 1. The summed E-state index contributed by atoms with van der Waals surface area (Å²) in [5.74, 6) is 0. The normalized spacial score (nSPS) is 11.0.